The van der Waals surface area contributed by atoms with Gasteiger partial charge in [-0.05, 0) is 52.7 Å². The minimum absolute atomic E-state index is 0.619. The fourth-order valence-corrected chi connectivity index (χ4v) is 9.27. The molecule has 1 aromatic rings. The fourth-order valence-electron chi connectivity index (χ4n) is 4.03. The largest absolute Gasteiger partial charge is 0.543 e. The molecule has 0 aliphatic heterocycles. The Kier molecular flexibility index (Phi) is 4.98. The molecule has 116 valence electrons. The van der Waals surface area contributed by atoms with Crippen LogP contribution in [-0.4, -0.2) is 8.32 Å². The lowest BCUT2D eigenvalue weighted by molar-refractivity contribution is 0.479. The van der Waals surface area contributed by atoms with E-state index in [4.69, 9.17) is 4.43 Å². The van der Waals surface area contributed by atoms with E-state index in [1.807, 2.05) is 0 Å². The van der Waals surface area contributed by atoms with Gasteiger partial charge in [-0.25, -0.2) is 0 Å². The number of benzene rings is 1. The second-order valence-electron chi connectivity index (χ2n) is 7.22. The van der Waals surface area contributed by atoms with Crippen LogP contribution in [0.5, 0.6) is 5.75 Å². The topological polar surface area (TPSA) is 9.23 Å². The van der Waals surface area contributed by atoms with Gasteiger partial charge in [-0.15, -0.1) is 0 Å². The van der Waals surface area contributed by atoms with Crippen LogP contribution in [0.15, 0.2) is 24.3 Å². The number of fused-ring (bicyclic) bond motifs is 1. The average Bonchev–Trinajstić information content (AvgIpc) is 2.43. The zero-order chi connectivity index (χ0) is 15.6. The summed E-state index contributed by atoms with van der Waals surface area (Å²) < 4.78 is 6.77. The molecule has 21 heavy (non-hydrogen) atoms. The van der Waals surface area contributed by atoms with Crippen LogP contribution in [0.1, 0.15) is 59.1 Å². The second-order valence-corrected chi connectivity index (χ2v) is 12.6. The van der Waals surface area contributed by atoms with E-state index in [9.17, 15) is 0 Å². The maximum absolute atomic E-state index is 6.77. The highest BCUT2D eigenvalue weighted by Crippen LogP contribution is 2.43. The van der Waals surface area contributed by atoms with Gasteiger partial charge in [-0.1, -0.05) is 59.8 Å². The predicted octanol–water partition coefficient (Wildman–Crippen LogP) is 6.20. The third-order valence-electron chi connectivity index (χ3n) is 4.99. The number of allylic oxidation sites excluding steroid dienone is 1. The summed E-state index contributed by atoms with van der Waals surface area (Å²) in [6.45, 7) is 14.0. The Morgan fingerprint density at radius 2 is 1.57 bits per heavy atom. The highest BCUT2D eigenvalue weighted by molar-refractivity contribution is 6.78. The number of hydrogen-bond acceptors (Lipinski definition) is 1. The van der Waals surface area contributed by atoms with Gasteiger partial charge >= 0.3 is 0 Å². The van der Waals surface area contributed by atoms with E-state index < -0.39 is 8.32 Å². The van der Waals surface area contributed by atoms with Crippen LogP contribution in [0.2, 0.25) is 16.6 Å². The molecule has 1 aliphatic rings. The Hall–Kier alpha value is -1.02. The van der Waals surface area contributed by atoms with Crippen molar-refractivity contribution in [2.45, 2.75) is 71.0 Å². The Morgan fingerprint density at radius 1 is 0.952 bits per heavy atom. The van der Waals surface area contributed by atoms with Crippen LogP contribution >= 0.6 is 0 Å². The van der Waals surface area contributed by atoms with E-state index >= 15 is 0 Å². The van der Waals surface area contributed by atoms with E-state index in [1.54, 1.807) is 0 Å². The Balaban J connectivity index is 2.35. The molecule has 0 saturated heterocycles. The van der Waals surface area contributed by atoms with Crippen molar-refractivity contribution >= 4 is 14.4 Å². The van der Waals surface area contributed by atoms with Crippen molar-refractivity contribution < 1.29 is 4.43 Å². The summed E-state index contributed by atoms with van der Waals surface area (Å²) in [5, 5.41) is 0. The van der Waals surface area contributed by atoms with Gasteiger partial charge in [-0.3, -0.25) is 0 Å². The Morgan fingerprint density at radius 3 is 2.14 bits per heavy atom. The van der Waals surface area contributed by atoms with Gasteiger partial charge in [0.25, 0.3) is 8.32 Å². The highest BCUT2D eigenvalue weighted by Gasteiger charge is 2.47. The zero-order valence-electron chi connectivity index (χ0n) is 14.4. The van der Waals surface area contributed by atoms with Crippen molar-refractivity contribution in [3.05, 3.63) is 35.4 Å². The first-order chi connectivity index (χ1) is 9.87. The third-order valence-corrected chi connectivity index (χ3v) is 11.0. The molecule has 0 amide bonds. The van der Waals surface area contributed by atoms with Crippen molar-refractivity contribution in [1.82, 2.24) is 0 Å². The van der Waals surface area contributed by atoms with Crippen LogP contribution in [0.25, 0.3) is 6.08 Å². The molecule has 0 heterocycles. The lowest BCUT2D eigenvalue weighted by Crippen LogP contribution is -2.50. The van der Waals surface area contributed by atoms with Crippen molar-refractivity contribution in [1.29, 1.82) is 0 Å². The molecular weight excluding hydrogens is 272 g/mol. The summed E-state index contributed by atoms with van der Waals surface area (Å²) in [7, 11) is -1.83. The lowest BCUT2D eigenvalue weighted by atomic mass is 9.97. The summed E-state index contributed by atoms with van der Waals surface area (Å²) in [5.41, 5.74) is 4.66. The second kappa shape index (κ2) is 6.39. The Labute approximate surface area is 131 Å². The molecule has 1 nitrogen and oxygen atoms in total. The first kappa shape index (κ1) is 16.3. The molecule has 0 unspecified atom stereocenters. The van der Waals surface area contributed by atoms with Crippen molar-refractivity contribution in [2.24, 2.45) is 0 Å². The molecule has 0 bridgehead atoms. The SMILES string of the molecule is CC(C)[Si](Oc1ccc2c(c1)CCC=C2)(C(C)C)C(C)C. The summed E-state index contributed by atoms with van der Waals surface area (Å²) in [5.74, 6) is 1.09. The van der Waals surface area contributed by atoms with Gasteiger partial charge in [0.15, 0.2) is 0 Å². The normalized spacial score (nSPS) is 14.9. The van der Waals surface area contributed by atoms with Gasteiger partial charge in [0.1, 0.15) is 5.75 Å². The summed E-state index contributed by atoms with van der Waals surface area (Å²) in [4.78, 5) is 0. The van der Waals surface area contributed by atoms with E-state index in [0.717, 1.165) is 18.6 Å². The van der Waals surface area contributed by atoms with Gasteiger partial charge in [-0.2, -0.15) is 0 Å². The Bertz CT molecular complexity index is 493. The summed E-state index contributed by atoms with van der Waals surface area (Å²) >= 11 is 0. The fraction of sp³-hybridized carbons (Fsp3) is 0.579. The van der Waals surface area contributed by atoms with E-state index in [2.05, 4.69) is 71.9 Å². The molecular formula is C19H30OSi. The first-order valence-electron chi connectivity index (χ1n) is 8.36. The minimum Gasteiger partial charge on any atom is -0.543 e. The predicted molar refractivity (Wildman–Crippen MR) is 95.5 cm³/mol. The van der Waals surface area contributed by atoms with Gasteiger partial charge in [0.2, 0.25) is 0 Å². The zero-order valence-corrected chi connectivity index (χ0v) is 15.4. The van der Waals surface area contributed by atoms with Crippen molar-refractivity contribution in [2.75, 3.05) is 0 Å². The van der Waals surface area contributed by atoms with E-state index in [-0.39, 0.29) is 0 Å². The maximum Gasteiger partial charge on any atom is 0.258 e. The average molecular weight is 303 g/mol. The first-order valence-corrected chi connectivity index (χ1v) is 10.5. The molecule has 0 spiro atoms. The molecule has 1 aromatic carbocycles. The monoisotopic (exact) mass is 302 g/mol. The molecule has 1 aliphatic carbocycles. The molecule has 2 rings (SSSR count). The van der Waals surface area contributed by atoms with Crippen LogP contribution in [0, 0.1) is 0 Å². The number of hydrogen-bond donors (Lipinski definition) is 0. The van der Waals surface area contributed by atoms with E-state index in [1.165, 1.54) is 11.1 Å². The van der Waals surface area contributed by atoms with Crippen LogP contribution in [0.3, 0.4) is 0 Å². The maximum atomic E-state index is 6.77. The third kappa shape index (κ3) is 3.10. The molecule has 0 aromatic heterocycles. The molecule has 2 heteroatoms. The molecule has 0 saturated carbocycles. The van der Waals surface area contributed by atoms with E-state index in [0.29, 0.717) is 16.6 Å². The number of aryl methyl sites for hydroxylation is 1. The number of rotatable bonds is 5. The van der Waals surface area contributed by atoms with Gasteiger partial charge in [0, 0.05) is 0 Å². The van der Waals surface area contributed by atoms with Crippen LogP contribution in [-0.2, 0) is 6.42 Å². The standard InChI is InChI=1S/C19H30OSi/c1-14(2)21(15(3)4,16(5)6)20-19-12-11-17-9-7-8-10-18(17)13-19/h7,9,11-16H,8,10H2,1-6H3. The minimum atomic E-state index is -1.83. The smallest absolute Gasteiger partial charge is 0.258 e. The van der Waals surface area contributed by atoms with Crippen LogP contribution in [0.4, 0.5) is 0 Å². The van der Waals surface area contributed by atoms with Gasteiger partial charge < -0.3 is 4.43 Å². The molecule has 0 atom stereocenters. The molecule has 0 N–H and O–H groups in total. The van der Waals surface area contributed by atoms with Gasteiger partial charge in [0.05, 0.1) is 0 Å². The lowest BCUT2D eigenvalue weighted by Gasteiger charge is -2.42. The molecule has 0 fully saturated rings. The van der Waals surface area contributed by atoms with Crippen LogP contribution < -0.4 is 4.43 Å². The molecule has 0 radical (unpaired) electrons. The highest BCUT2D eigenvalue weighted by atomic mass is 28.4. The summed E-state index contributed by atoms with van der Waals surface area (Å²) in [6.07, 6.45) is 6.79. The van der Waals surface area contributed by atoms with Crippen molar-refractivity contribution in [3.8, 4) is 5.75 Å². The van der Waals surface area contributed by atoms with Crippen molar-refractivity contribution in [3.63, 3.8) is 0 Å². The summed E-state index contributed by atoms with van der Waals surface area (Å²) in [6, 6.07) is 6.68. The quantitative estimate of drug-likeness (QED) is 0.588.